The number of nitro groups is 1. The van der Waals surface area contributed by atoms with Crippen molar-refractivity contribution < 1.29 is 24.0 Å². The molecule has 0 saturated heterocycles. The molecule has 29 heavy (non-hydrogen) atoms. The van der Waals surface area contributed by atoms with E-state index in [-0.39, 0.29) is 24.0 Å². The summed E-state index contributed by atoms with van der Waals surface area (Å²) in [5, 5.41) is 13.6. The molecule has 2 aromatic carbocycles. The van der Waals surface area contributed by atoms with Crippen LogP contribution in [0.15, 0.2) is 54.6 Å². The number of esters is 2. The van der Waals surface area contributed by atoms with Gasteiger partial charge < -0.3 is 14.8 Å². The zero-order valence-electron chi connectivity index (χ0n) is 16.4. The van der Waals surface area contributed by atoms with Gasteiger partial charge in [-0.3, -0.25) is 14.9 Å². The summed E-state index contributed by atoms with van der Waals surface area (Å²) >= 11 is 0. The Hall–Kier alpha value is -3.68. The van der Waals surface area contributed by atoms with E-state index in [1.807, 2.05) is 0 Å². The van der Waals surface area contributed by atoms with Crippen LogP contribution >= 0.6 is 0 Å². The molecule has 0 amide bonds. The lowest BCUT2D eigenvalue weighted by molar-refractivity contribution is -0.384. The second-order valence-corrected chi connectivity index (χ2v) is 7.07. The molecular weight excluding hydrogens is 376 g/mol. The monoisotopic (exact) mass is 398 g/mol. The van der Waals surface area contributed by atoms with E-state index in [0.29, 0.717) is 0 Å². The third-order valence-corrected chi connectivity index (χ3v) is 3.45. The van der Waals surface area contributed by atoms with Crippen molar-refractivity contribution in [3.63, 3.8) is 0 Å². The zero-order chi connectivity index (χ0) is 21.4. The van der Waals surface area contributed by atoms with Gasteiger partial charge in [-0.1, -0.05) is 12.1 Å². The van der Waals surface area contributed by atoms with Crippen LogP contribution in [0.3, 0.4) is 0 Å². The van der Waals surface area contributed by atoms with Crippen molar-refractivity contribution in [3.8, 4) is 5.75 Å². The largest absolute Gasteiger partial charge is 0.459 e. The molecule has 2 rings (SSSR count). The normalized spacial score (nSPS) is 11.1. The summed E-state index contributed by atoms with van der Waals surface area (Å²) in [5.74, 6) is -0.742. The van der Waals surface area contributed by atoms with Crippen molar-refractivity contribution in [1.82, 2.24) is 0 Å². The Morgan fingerprint density at radius 1 is 1.07 bits per heavy atom. The zero-order valence-corrected chi connectivity index (χ0v) is 16.4. The first-order valence-electron chi connectivity index (χ1n) is 8.82. The molecule has 0 fully saturated rings. The first-order valence-corrected chi connectivity index (χ1v) is 8.82. The lowest BCUT2D eigenvalue weighted by atomic mass is 10.2. The van der Waals surface area contributed by atoms with Gasteiger partial charge in [0.1, 0.15) is 17.9 Å². The minimum absolute atomic E-state index is 0.0496. The molecule has 152 valence electrons. The van der Waals surface area contributed by atoms with Crippen molar-refractivity contribution in [1.29, 1.82) is 0 Å². The summed E-state index contributed by atoms with van der Waals surface area (Å²) in [5.41, 5.74) is 0.881. The topological polar surface area (TPSA) is 108 Å². The summed E-state index contributed by atoms with van der Waals surface area (Å²) in [7, 11) is 0. The smallest absolute Gasteiger partial charge is 0.336 e. The molecule has 0 aliphatic heterocycles. The van der Waals surface area contributed by atoms with Crippen LogP contribution in [0.4, 0.5) is 11.4 Å². The summed E-state index contributed by atoms with van der Waals surface area (Å²) in [6.07, 6.45) is 2.83. The molecule has 1 N–H and O–H groups in total. The number of carbonyl (C=O) groups is 2. The highest BCUT2D eigenvalue weighted by atomic mass is 16.6. The number of rotatable bonds is 7. The fourth-order valence-electron chi connectivity index (χ4n) is 2.21. The SMILES string of the molecule is CC(C)(C)OC(=O)CNc1ccc(C=CC(=O)Oc2ccc([N+](=O)[O-])cc2)cc1. The van der Waals surface area contributed by atoms with Crippen molar-refractivity contribution in [2.24, 2.45) is 0 Å². The van der Waals surface area contributed by atoms with Gasteiger partial charge in [0, 0.05) is 23.9 Å². The third-order valence-electron chi connectivity index (χ3n) is 3.45. The minimum Gasteiger partial charge on any atom is -0.459 e. The molecule has 0 radical (unpaired) electrons. The highest BCUT2D eigenvalue weighted by Crippen LogP contribution is 2.18. The maximum absolute atomic E-state index is 11.9. The Morgan fingerprint density at radius 3 is 2.24 bits per heavy atom. The number of hydrogen-bond acceptors (Lipinski definition) is 7. The lowest BCUT2D eigenvalue weighted by Crippen LogP contribution is -2.28. The molecule has 0 unspecified atom stereocenters. The first kappa shape index (κ1) is 21.6. The van der Waals surface area contributed by atoms with Crippen LogP contribution in [0.1, 0.15) is 26.3 Å². The van der Waals surface area contributed by atoms with E-state index < -0.39 is 16.5 Å². The molecule has 2 aromatic rings. The highest BCUT2D eigenvalue weighted by Gasteiger charge is 2.15. The Kier molecular flexibility index (Phi) is 7.08. The number of nitro benzene ring substituents is 1. The fraction of sp³-hybridized carbons (Fsp3) is 0.238. The molecule has 0 bridgehead atoms. The number of non-ortho nitro benzene ring substituents is 1. The molecule has 8 heteroatoms. The maximum atomic E-state index is 11.9. The van der Waals surface area contributed by atoms with E-state index in [0.717, 1.165) is 11.3 Å². The maximum Gasteiger partial charge on any atom is 0.336 e. The van der Waals surface area contributed by atoms with Gasteiger partial charge in [0.05, 0.1) is 4.92 Å². The molecule has 0 aromatic heterocycles. The van der Waals surface area contributed by atoms with E-state index in [1.165, 1.54) is 30.3 Å². The van der Waals surface area contributed by atoms with E-state index in [4.69, 9.17) is 9.47 Å². The number of benzene rings is 2. The van der Waals surface area contributed by atoms with Gasteiger partial charge in [-0.05, 0) is 56.7 Å². The predicted octanol–water partition coefficient (Wildman–Crippen LogP) is 3.97. The Morgan fingerprint density at radius 2 is 1.69 bits per heavy atom. The average molecular weight is 398 g/mol. The summed E-state index contributed by atoms with van der Waals surface area (Å²) in [4.78, 5) is 33.6. The van der Waals surface area contributed by atoms with Crippen molar-refractivity contribution in [2.45, 2.75) is 26.4 Å². The van der Waals surface area contributed by atoms with Gasteiger partial charge in [0.25, 0.3) is 5.69 Å². The number of nitrogens with zero attached hydrogens (tertiary/aromatic N) is 1. The Labute approximate surface area is 168 Å². The number of ether oxygens (including phenoxy) is 2. The Bertz CT molecular complexity index is 896. The minimum atomic E-state index is -0.606. The van der Waals surface area contributed by atoms with Crippen LogP contribution in [0, 0.1) is 10.1 Å². The van der Waals surface area contributed by atoms with Crippen LogP contribution in [0.5, 0.6) is 5.75 Å². The van der Waals surface area contributed by atoms with E-state index in [1.54, 1.807) is 51.1 Å². The van der Waals surface area contributed by atoms with Gasteiger partial charge in [0.15, 0.2) is 0 Å². The highest BCUT2D eigenvalue weighted by molar-refractivity contribution is 5.88. The molecule has 0 aliphatic carbocycles. The first-order chi connectivity index (χ1) is 13.6. The Balaban J connectivity index is 1.85. The van der Waals surface area contributed by atoms with E-state index in [9.17, 15) is 19.7 Å². The quantitative estimate of drug-likeness (QED) is 0.247. The number of hydrogen-bond donors (Lipinski definition) is 1. The second kappa shape index (κ2) is 9.50. The number of nitrogens with one attached hydrogen (secondary N) is 1. The van der Waals surface area contributed by atoms with Gasteiger partial charge in [-0.2, -0.15) is 0 Å². The fourth-order valence-corrected chi connectivity index (χ4v) is 2.21. The van der Waals surface area contributed by atoms with Crippen LogP contribution in [-0.4, -0.2) is 29.0 Å². The van der Waals surface area contributed by atoms with Crippen molar-refractivity contribution >= 4 is 29.4 Å². The lowest BCUT2D eigenvalue weighted by Gasteiger charge is -2.19. The van der Waals surface area contributed by atoms with Gasteiger partial charge in [-0.15, -0.1) is 0 Å². The molecular formula is C21H22N2O6. The van der Waals surface area contributed by atoms with Crippen molar-refractivity contribution in [3.05, 3.63) is 70.3 Å². The number of anilines is 1. The molecule has 0 atom stereocenters. The van der Waals surface area contributed by atoms with Crippen LogP contribution < -0.4 is 10.1 Å². The molecule has 0 aliphatic rings. The van der Waals surface area contributed by atoms with Gasteiger partial charge in [-0.25, -0.2) is 4.79 Å². The van der Waals surface area contributed by atoms with E-state index in [2.05, 4.69) is 5.32 Å². The second-order valence-electron chi connectivity index (χ2n) is 7.07. The molecule has 0 heterocycles. The van der Waals surface area contributed by atoms with Gasteiger partial charge in [0.2, 0.25) is 0 Å². The van der Waals surface area contributed by atoms with Crippen LogP contribution in [0.25, 0.3) is 6.08 Å². The summed E-state index contributed by atoms with van der Waals surface area (Å²) in [6, 6.07) is 12.3. The third kappa shape index (κ3) is 7.84. The average Bonchev–Trinajstić information content (AvgIpc) is 2.64. The predicted molar refractivity (Wildman–Crippen MR) is 109 cm³/mol. The summed E-state index contributed by atoms with van der Waals surface area (Å²) in [6.45, 7) is 5.46. The number of carbonyl (C=O) groups excluding carboxylic acids is 2. The van der Waals surface area contributed by atoms with Crippen LogP contribution in [0.2, 0.25) is 0 Å². The van der Waals surface area contributed by atoms with Crippen molar-refractivity contribution in [2.75, 3.05) is 11.9 Å². The van der Waals surface area contributed by atoms with Crippen LogP contribution in [-0.2, 0) is 14.3 Å². The van der Waals surface area contributed by atoms with E-state index >= 15 is 0 Å². The molecule has 0 saturated carbocycles. The standard InChI is InChI=1S/C21H22N2O6/c1-21(2,3)29-20(25)14-22-16-7-4-15(5-8-16)6-13-19(24)28-18-11-9-17(10-12-18)23(26)27/h4-13,22H,14H2,1-3H3. The molecule has 0 spiro atoms. The molecule has 8 nitrogen and oxygen atoms in total. The summed E-state index contributed by atoms with van der Waals surface area (Å²) < 4.78 is 10.3. The van der Waals surface area contributed by atoms with Gasteiger partial charge >= 0.3 is 11.9 Å².